The first-order valence-electron chi connectivity index (χ1n) is 19.6. The minimum absolute atomic E-state index is 0.146. The number of nitrogens with zero attached hydrogens (tertiary/aromatic N) is 8. The number of carboxylic acid groups (broad SMARTS) is 1. The van der Waals surface area contributed by atoms with Gasteiger partial charge >= 0.3 is 6.03 Å². The highest BCUT2D eigenvalue weighted by molar-refractivity contribution is 5.89. The molecule has 3 aliphatic rings. The number of piperazine rings is 1. The molecule has 2 aromatic carbocycles. The van der Waals surface area contributed by atoms with Gasteiger partial charge in [-0.2, -0.15) is 5.10 Å². The Kier molecular flexibility index (Phi) is 11.7. The number of amides is 2. The molecule has 14 heteroatoms. The average Bonchev–Trinajstić information content (AvgIpc) is 3.92. The third-order valence-electron chi connectivity index (χ3n) is 11.1. The first-order chi connectivity index (χ1) is 27.0. The second-order valence-electron chi connectivity index (χ2n) is 16.2. The molecule has 0 bridgehead atoms. The predicted octanol–water partition coefficient (Wildman–Crippen LogP) is 6.20. The van der Waals surface area contributed by atoms with Crippen LogP contribution >= 0.6 is 0 Å². The van der Waals surface area contributed by atoms with Crippen LogP contribution in [0.3, 0.4) is 0 Å². The van der Waals surface area contributed by atoms with Crippen molar-refractivity contribution in [1.29, 1.82) is 0 Å². The Morgan fingerprint density at radius 2 is 1.70 bits per heavy atom. The number of ether oxygens (including phenoxy) is 1. The van der Waals surface area contributed by atoms with Gasteiger partial charge in [-0.25, -0.2) is 9.48 Å². The lowest BCUT2D eigenvalue weighted by atomic mass is 9.85. The van der Waals surface area contributed by atoms with Crippen LogP contribution in [-0.2, 0) is 16.8 Å². The van der Waals surface area contributed by atoms with Crippen molar-refractivity contribution in [2.45, 2.75) is 76.6 Å². The summed E-state index contributed by atoms with van der Waals surface area (Å²) in [5.74, 6) is 2.37. The molecule has 1 aliphatic carbocycles. The van der Waals surface area contributed by atoms with Crippen molar-refractivity contribution in [3.05, 3.63) is 101 Å². The van der Waals surface area contributed by atoms with Crippen LogP contribution in [0, 0.1) is 0 Å². The first kappa shape index (κ1) is 38.9. The molecule has 3 atom stereocenters. The number of hydrogen-bond acceptors (Lipinski definition) is 9. The molecule has 0 unspecified atom stereocenters. The van der Waals surface area contributed by atoms with Crippen molar-refractivity contribution < 1.29 is 19.4 Å². The number of likely N-dealkylation sites (tertiary alicyclic amines) is 1. The van der Waals surface area contributed by atoms with E-state index in [0.717, 1.165) is 105 Å². The smallest absolute Gasteiger partial charge is 0.320 e. The van der Waals surface area contributed by atoms with Crippen molar-refractivity contribution in [1.82, 2.24) is 44.4 Å². The summed E-state index contributed by atoms with van der Waals surface area (Å²) in [5.41, 5.74) is 5.85. The summed E-state index contributed by atoms with van der Waals surface area (Å²) in [7, 11) is 4.33. The van der Waals surface area contributed by atoms with Gasteiger partial charge in [0.25, 0.3) is 6.47 Å². The highest BCUT2D eigenvalue weighted by Crippen LogP contribution is 2.39. The molecule has 2 amide bonds. The van der Waals surface area contributed by atoms with Gasteiger partial charge in [-0.15, -0.1) is 10.2 Å². The Bertz CT molecular complexity index is 2130. The van der Waals surface area contributed by atoms with Crippen LogP contribution in [0.4, 0.5) is 10.6 Å². The summed E-state index contributed by atoms with van der Waals surface area (Å²) in [5, 5.41) is 27.3. The van der Waals surface area contributed by atoms with Crippen LogP contribution in [0.2, 0.25) is 0 Å². The van der Waals surface area contributed by atoms with Crippen LogP contribution in [0.1, 0.15) is 92.9 Å². The normalized spacial score (nSPS) is 20.6. The maximum Gasteiger partial charge on any atom is 0.320 e. The zero-order chi connectivity index (χ0) is 39.4. The number of carbonyl (C=O) groups excluding carboxylic acids is 1. The number of pyridine rings is 1. The number of hydrogen-bond donors (Lipinski definition) is 3. The average molecular weight is 763 g/mol. The fourth-order valence-electron chi connectivity index (χ4n) is 8.00. The summed E-state index contributed by atoms with van der Waals surface area (Å²) < 4.78 is 10.6. The monoisotopic (exact) mass is 762 g/mol. The minimum atomic E-state index is -0.262. The van der Waals surface area contributed by atoms with Gasteiger partial charge in [0, 0.05) is 44.2 Å². The van der Waals surface area contributed by atoms with Crippen molar-refractivity contribution >= 4 is 24.0 Å². The van der Waals surface area contributed by atoms with E-state index in [1.54, 1.807) is 0 Å². The SMILES string of the molecule is CN1CCN(Cc2cccc(-n3nc(C(C)(C)C)cc3NC(=O)N[C@H]3CC[C@@H](Oc4ccc5nnc([C@@H]6CCCN6C)n5c4)c4ccccc43)c2)CC1.O=CO. The molecular weight excluding hydrogens is 709 g/mol. The summed E-state index contributed by atoms with van der Waals surface area (Å²) in [6, 6.07) is 22.6. The molecule has 0 saturated carbocycles. The number of benzene rings is 2. The fraction of sp³-hybridized carbons (Fsp3) is 0.452. The summed E-state index contributed by atoms with van der Waals surface area (Å²) in [4.78, 5) is 29.4. The largest absolute Gasteiger partial charge is 0.484 e. The first-order valence-corrected chi connectivity index (χ1v) is 19.6. The molecule has 56 heavy (non-hydrogen) atoms. The third kappa shape index (κ3) is 8.72. The molecule has 296 valence electrons. The summed E-state index contributed by atoms with van der Waals surface area (Å²) in [6.45, 7) is 12.4. The second-order valence-corrected chi connectivity index (χ2v) is 16.2. The summed E-state index contributed by atoms with van der Waals surface area (Å²) in [6.07, 6.45) is 5.60. The maximum atomic E-state index is 13.8. The Morgan fingerprint density at radius 1 is 0.929 bits per heavy atom. The molecule has 8 rings (SSSR count). The Morgan fingerprint density at radius 3 is 2.43 bits per heavy atom. The number of likely N-dealkylation sites (N-methyl/N-ethyl adjacent to an activating group) is 1. The van der Waals surface area contributed by atoms with Gasteiger partial charge in [0.1, 0.15) is 17.7 Å². The van der Waals surface area contributed by atoms with Crippen LogP contribution in [-0.4, -0.2) is 104 Å². The molecule has 2 fully saturated rings. The van der Waals surface area contributed by atoms with E-state index in [1.807, 2.05) is 41.2 Å². The van der Waals surface area contributed by atoms with E-state index >= 15 is 0 Å². The highest BCUT2D eigenvalue weighted by Gasteiger charge is 2.31. The molecule has 3 N–H and O–H groups in total. The van der Waals surface area contributed by atoms with Crippen LogP contribution in [0.5, 0.6) is 5.75 Å². The van der Waals surface area contributed by atoms with Crippen LogP contribution in [0.25, 0.3) is 11.3 Å². The number of aromatic nitrogens is 5. The van der Waals surface area contributed by atoms with E-state index in [2.05, 4.69) is 111 Å². The number of rotatable bonds is 8. The van der Waals surface area contributed by atoms with Crippen molar-refractivity contribution in [3.63, 3.8) is 0 Å². The Hall–Kier alpha value is -5.31. The van der Waals surface area contributed by atoms with Gasteiger partial charge < -0.3 is 20.1 Å². The lowest BCUT2D eigenvalue weighted by Gasteiger charge is -2.32. The number of carbonyl (C=O) groups is 2. The molecule has 14 nitrogen and oxygen atoms in total. The lowest BCUT2D eigenvalue weighted by Crippen LogP contribution is -2.43. The van der Waals surface area contributed by atoms with Gasteiger partial charge in [0.05, 0.1) is 29.7 Å². The summed E-state index contributed by atoms with van der Waals surface area (Å²) >= 11 is 0. The zero-order valence-electron chi connectivity index (χ0n) is 33.1. The van der Waals surface area contributed by atoms with Gasteiger partial charge in [0.2, 0.25) is 0 Å². The Labute approximate surface area is 328 Å². The number of fused-ring (bicyclic) bond motifs is 2. The minimum Gasteiger partial charge on any atom is -0.484 e. The predicted molar refractivity (Wildman–Crippen MR) is 215 cm³/mol. The molecule has 2 aliphatic heterocycles. The van der Waals surface area contributed by atoms with Gasteiger partial charge in [-0.3, -0.25) is 24.3 Å². The topological polar surface area (TPSA) is 145 Å². The van der Waals surface area contributed by atoms with E-state index in [0.29, 0.717) is 5.82 Å². The molecule has 5 aromatic rings. The second kappa shape index (κ2) is 16.8. The van der Waals surface area contributed by atoms with E-state index in [-0.39, 0.29) is 36.1 Å². The molecular formula is C42H54N10O4. The van der Waals surface area contributed by atoms with Gasteiger partial charge in [-0.1, -0.05) is 57.2 Å². The zero-order valence-corrected chi connectivity index (χ0v) is 33.1. The van der Waals surface area contributed by atoms with Crippen molar-refractivity contribution in [3.8, 4) is 11.4 Å². The third-order valence-corrected chi connectivity index (χ3v) is 11.1. The fourth-order valence-corrected chi connectivity index (χ4v) is 8.00. The molecule has 5 heterocycles. The van der Waals surface area contributed by atoms with E-state index in [4.69, 9.17) is 19.7 Å². The molecule has 0 radical (unpaired) electrons. The number of urea groups is 1. The van der Waals surface area contributed by atoms with E-state index in [1.165, 1.54) is 5.56 Å². The van der Waals surface area contributed by atoms with Crippen molar-refractivity contribution in [2.24, 2.45) is 0 Å². The van der Waals surface area contributed by atoms with Gasteiger partial charge in [0.15, 0.2) is 11.5 Å². The number of nitrogens with one attached hydrogen (secondary N) is 2. The van der Waals surface area contributed by atoms with Gasteiger partial charge in [-0.05, 0) is 87.3 Å². The molecule has 2 saturated heterocycles. The van der Waals surface area contributed by atoms with E-state index in [9.17, 15) is 4.79 Å². The molecule has 3 aromatic heterocycles. The lowest BCUT2D eigenvalue weighted by molar-refractivity contribution is -0.122. The molecule has 0 spiro atoms. The van der Waals surface area contributed by atoms with Crippen LogP contribution in [0.15, 0.2) is 72.9 Å². The standard InChI is InChI=1S/C41H52N10O2.CH2O2/c1-41(2,3)36-25-38(51(46-36)29-11-8-10-28(24-29)26-49-22-20-47(4)21-23-49)43-40(52)42-33-16-17-35(32-13-7-6-12-31(32)33)53-30-15-18-37-44-45-39(50(37)27-30)34-14-9-19-48(34)5;2-1-3/h6-8,10-13,15,18,24-25,27,33-35H,9,14,16-17,19-23,26H2,1-5H3,(H2,42,43,52);1H,(H,2,3)/t33-,34-,35+;/m0./s1. The number of anilines is 1. The quantitative estimate of drug-likeness (QED) is 0.156. The van der Waals surface area contributed by atoms with Crippen LogP contribution < -0.4 is 15.4 Å². The van der Waals surface area contributed by atoms with E-state index < -0.39 is 0 Å². The Balaban J connectivity index is 0.00000155. The maximum absolute atomic E-state index is 13.8. The van der Waals surface area contributed by atoms with Crippen molar-refractivity contribution in [2.75, 3.05) is 52.1 Å². The highest BCUT2D eigenvalue weighted by atomic mass is 16.5.